The molecule has 0 spiro atoms. The van der Waals surface area contributed by atoms with Crippen LogP contribution < -0.4 is 21.3 Å². The SMILES string of the molecule is CC(C)C[C@@H](/C=C/[C@H](Cc1ccccc1)C(=O)N1CCC[C@H]1C(O)N[C@@H](CCCCCNC(=O)OC1CC(C)(C)N(O)C(C)(C)C1)C(=O)NC(C)C)NC(=O)OC(C)(C)C. The number of carbonyl (C=O) groups excluding carboxylic acids is 4. The Balaban J connectivity index is 1.64. The van der Waals surface area contributed by atoms with E-state index in [9.17, 15) is 29.5 Å². The van der Waals surface area contributed by atoms with Crippen LogP contribution in [0.15, 0.2) is 42.5 Å². The Kier molecular flexibility index (Phi) is 19.4. The first kappa shape index (κ1) is 50.6. The standard InChI is InChI=1S/C46H78N6O8/c1-31(2)27-35(49-43(57)60-44(5,6)7)24-23-34(28-33-19-14-12-15-20-33)41(55)51-26-18-22-38(51)40(54)50-37(39(53)48-32(3)4)21-16-13-17-25-47-42(56)59-36-29-45(8,9)52(58)46(10,11)30-36/h12,14-15,19-20,23-24,31-32,34-38,40,50,54,58H,13,16-18,21-22,25-30H2,1-11H3,(H,47,56)(H,48,53)(H,49,57)/b24-23+/t34-,35-,37+,38+,40?/m1/s1. The Bertz CT molecular complexity index is 1530. The molecule has 14 heteroatoms. The van der Waals surface area contributed by atoms with E-state index in [1.54, 1.807) is 4.90 Å². The van der Waals surface area contributed by atoms with E-state index in [4.69, 9.17) is 9.47 Å². The van der Waals surface area contributed by atoms with Crippen molar-refractivity contribution < 1.29 is 39.0 Å². The van der Waals surface area contributed by atoms with Crippen LogP contribution in [0.2, 0.25) is 0 Å². The van der Waals surface area contributed by atoms with Gasteiger partial charge in [0.25, 0.3) is 0 Å². The third-order valence-electron chi connectivity index (χ3n) is 11.0. The summed E-state index contributed by atoms with van der Waals surface area (Å²) in [6, 6.07) is 8.10. The van der Waals surface area contributed by atoms with E-state index < -0.39 is 53.1 Å². The average molecular weight is 843 g/mol. The Morgan fingerprint density at radius 2 is 1.57 bits per heavy atom. The first-order valence-electron chi connectivity index (χ1n) is 22.2. The van der Waals surface area contributed by atoms with Crippen molar-refractivity contribution in [3.8, 4) is 0 Å². The van der Waals surface area contributed by atoms with Crippen LogP contribution in [0.3, 0.4) is 0 Å². The van der Waals surface area contributed by atoms with Gasteiger partial charge in [-0.15, -0.1) is 0 Å². The van der Waals surface area contributed by atoms with Crippen LogP contribution in [0.4, 0.5) is 9.59 Å². The predicted octanol–water partition coefficient (Wildman–Crippen LogP) is 6.83. The minimum absolute atomic E-state index is 0.102. The zero-order chi connectivity index (χ0) is 44.8. The smallest absolute Gasteiger partial charge is 0.408 e. The van der Waals surface area contributed by atoms with Crippen molar-refractivity contribution in [3.05, 3.63) is 48.0 Å². The van der Waals surface area contributed by atoms with E-state index in [-0.39, 0.29) is 35.9 Å². The number of hydrogen-bond acceptors (Lipinski definition) is 10. The number of hydroxylamine groups is 2. The molecule has 5 atom stereocenters. The van der Waals surface area contributed by atoms with Crippen LogP contribution in [0.5, 0.6) is 0 Å². The van der Waals surface area contributed by atoms with Gasteiger partial charge in [0.15, 0.2) is 0 Å². The molecule has 0 aliphatic carbocycles. The molecule has 2 heterocycles. The molecule has 60 heavy (non-hydrogen) atoms. The highest BCUT2D eigenvalue weighted by atomic mass is 16.6. The van der Waals surface area contributed by atoms with Gasteiger partial charge in [-0.1, -0.05) is 69.2 Å². The van der Waals surface area contributed by atoms with E-state index >= 15 is 0 Å². The Morgan fingerprint density at radius 1 is 0.917 bits per heavy atom. The molecule has 2 aliphatic heterocycles. The summed E-state index contributed by atoms with van der Waals surface area (Å²) in [5.74, 6) is -0.640. The molecular weight excluding hydrogens is 765 g/mol. The van der Waals surface area contributed by atoms with Gasteiger partial charge in [-0.2, -0.15) is 5.06 Å². The second-order valence-electron chi connectivity index (χ2n) is 19.8. The summed E-state index contributed by atoms with van der Waals surface area (Å²) in [5.41, 5.74) is -0.715. The van der Waals surface area contributed by atoms with Crippen molar-refractivity contribution >= 4 is 24.0 Å². The number of hydrogen-bond donors (Lipinski definition) is 6. The quantitative estimate of drug-likeness (QED) is 0.0463. The number of rotatable bonds is 20. The average Bonchev–Trinajstić information content (AvgIpc) is 3.62. The maximum Gasteiger partial charge on any atom is 0.408 e. The van der Waals surface area contributed by atoms with Gasteiger partial charge in [0, 0.05) is 43.1 Å². The van der Waals surface area contributed by atoms with E-state index in [1.807, 2.05) is 105 Å². The second kappa shape index (κ2) is 22.9. The Labute approximate surface area is 359 Å². The van der Waals surface area contributed by atoms with Crippen LogP contribution in [0.25, 0.3) is 0 Å². The number of likely N-dealkylation sites (tertiary alicyclic amines) is 1. The van der Waals surface area contributed by atoms with Gasteiger partial charge >= 0.3 is 12.2 Å². The third-order valence-corrected chi connectivity index (χ3v) is 11.0. The summed E-state index contributed by atoms with van der Waals surface area (Å²) in [7, 11) is 0. The molecule has 0 bridgehead atoms. The number of amides is 4. The number of benzene rings is 1. The van der Waals surface area contributed by atoms with Crippen LogP contribution in [-0.4, -0.2) is 111 Å². The third kappa shape index (κ3) is 17.0. The highest BCUT2D eigenvalue weighted by Crippen LogP contribution is 2.38. The highest BCUT2D eigenvalue weighted by molar-refractivity contribution is 5.82. The van der Waals surface area contributed by atoms with Gasteiger partial charge in [-0.3, -0.25) is 14.9 Å². The molecule has 0 saturated carbocycles. The van der Waals surface area contributed by atoms with Gasteiger partial charge in [-0.25, -0.2) is 9.59 Å². The fraction of sp³-hybridized carbons (Fsp3) is 0.739. The molecule has 2 aliphatic rings. The number of aliphatic hydroxyl groups is 1. The van der Waals surface area contributed by atoms with E-state index in [0.29, 0.717) is 70.9 Å². The van der Waals surface area contributed by atoms with Gasteiger partial charge in [0.1, 0.15) is 17.9 Å². The molecule has 2 fully saturated rings. The summed E-state index contributed by atoms with van der Waals surface area (Å²) in [4.78, 5) is 55.0. The zero-order valence-electron chi connectivity index (χ0n) is 38.4. The normalized spacial score (nSPS) is 20.4. The lowest BCUT2D eigenvalue weighted by Crippen LogP contribution is -2.60. The zero-order valence-corrected chi connectivity index (χ0v) is 38.4. The van der Waals surface area contributed by atoms with Crippen molar-refractivity contribution in [1.29, 1.82) is 0 Å². The summed E-state index contributed by atoms with van der Waals surface area (Å²) in [5, 5.41) is 35.5. The van der Waals surface area contributed by atoms with E-state index in [1.165, 1.54) is 5.06 Å². The molecule has 4 amide bonds. The maximum atomic E-state index is 14.5. The number of nitrogens with one attached hydrogen (secondary N) is 4. The molecule has 0 radical (unpaired) electrons. The summed E-state index contributed by atoms with van der Waals surface area (Å²) in [6.45, 7) is 22.0. The lowest BCUT2D eigenvalue weighted by Gasteiger charge is -2.50. The molecule has 1 aromatic rings. The molecule has 0 aromatic heterocycles. The second-order valence-corrected chi connectivity index (χ2v) is 19.8. The lowest BCUT2D eigenvalue weighted by atomic mass is 9.80. The number of carbonyl (C=O) groups is 4. The van der Waals surface area contributed by atoms with Crippen LogP contribution >= 0.6 is 0 Å². The number of aliphatic hydroxyl groups excluding tert-OH is 1. The largest absolute Gasteiger partial charge is 0.446 e. The van der Waals surface area contributed by atoms with Crippen molar-refractivity contribution in [2.75, 3.05) is 13.1 Å². The Hall–Kier alpha value is -3.72. The maximum absolute atomic E-state index is 14.5. The van der Waals surface area contributed by atoms with Crippen molar-refractivity contribution in [3.63, 3.8) is 0 Å². The van der Waals surface area contributed by atoms with Crippen molar-refractivity contribution in [2.45, 2.75) is 194 Å². The first-order chi connectivity index (χ1) is 28.0. The van der Waals surface area contributed by atoms with Gasteiger partial charge in [0.2, 0.25) is 11.8 Å². The number of ether oxygens (including phenoxy) is 2. The summed E-state index contributed by atoms with van der Waals surface area (Å²) >= 11 is 0. The number of piperidine rings is 1. The number of nitrogens with zero attached hydrogens (tertiary/aromatic N) is 2. The van der Waals surface area contributed by atoms with Gasteiger partial charge < -0.3 is 40.6 Å². The fourth-order valence-corrected chi connectivity index (χ4v) is 8.42. The molecule has 1 unspecified atom stereocenters. The molecule has 14 nitrogen and oxygen atoms in total. The number of alkyl carbamates (subject to hydrolysis) is 2. The van der Waals surface area contributed by atoms with Crippen LogP contribution in [-0.2, 0) is 25.5 Å². The summed E-state index contributed by atoms with van der Waals surface area (Å²) < 4.78 is 11.3. The fourth-order valence-electron chi connectivity index (χ4n) is 8.42. The number of unbranched alkanes of at least 4 members (excludes halogenated alkanes) is 2. The Morgan fingerprint density at radius 3 is 2.17 bits per heavy atom. The predicted molar refractivity (Wildman–Crippen MR) is 234 cm³/mol. The lowest BCUT2D eigenvalue weighted by molar-refractivity contribution is -0.256. The molecule has 2 saturated heterocycles. The minimum atomic E-state index is -1.15. The van der Waals surface area contributed by atoms with Gasteiger partial charge in [0.05, 0.1) is 24.0 Å². The van der Waals surface area contributed by atoms with Crippen LogP contribution in [0.1, 0.15) is 140 Å². The topological polar surface area (TPSA) is 182 Å². The monoisotopic (exact) mass is 843 g/mol. The van der Waals surface area contributed by atoms with Gasteiger partial charge in [-0.05, 0) is 112 Å². The van der Waals surface area contributed by atoms with E-state index in [0.717, 1.165) is 12.0 Å². The molecular formula is C46H78N6O8. The van der Waals surface area contributed by atoms with E-state index in [2.05, 4.69) is 35.1 Å². The van der Waals surface area contributed by atoms with Crippen molar-refractivity contribution in [2.24, 2.45) is 11.8 Å². The molecule has 3 rings (SSSR count). The minimum Gasteiger partial charge on any atom is -0.446 e. The summed E-state index contributed by atoms with van der Waals surface area (Å²) in [6.07, 6.45) is 7.24. The highest BCUT2D eigenvalue weighted by Gasteiger charge is 2.46. The molecule has 6 N–H and O–H groups in total. The first-order valence-corrected chi connectivity index (χ1v) is 22.2. The molecule has 1 aromatic carbocycles. The molecule has 340 valence electrons. The van der Waals surface area contributed by atoms with Crippen LogP contribution in [0, 0.1) is 11.8 Å². The van der Waals surface area contributed by atoms with Crippen molar-refractivity contribution in [1.82, 2.24) is 31.2 Å².